The minimum Gasteiger partial charge on any atom is -0.316 e. The first-order valence-electron chi connectivity index (χ1n) is 4.77. The van der Waals surface area contributed by atoms with Crippen molar-refractivity contribution >= 4 is 0 Å². The summed E-state index contributed by atoms with van der Waals surface area (Å²) in [6.45, 7) is 0. The molecule has 0 saturated heterocycles. The molecular weight excluding hydrogens is 136 g/mol. The third kappa shape index (κ3) is 1.42. The van der Waals surface area contributed by atoms with Gasteiger partial charge >= 0.3 is 0 Å². The van der Waals surface area contributed by atoms with Crippen LogP contribution in [0, 0.1) is 17.8 Å². The summed E-state index contributed by atoms with van der Waals surface area (Å²) in [6, 6.07) is 0. The molecule has 0 amide bonds. The summed E-state index contributed by atoms with van der Waals surface area (Å²) < 4.78 is 0. The van der Waals surface area contributed by atoms with Gasteiger partial charge in [0.15, 0.2) is 0 Å². The Bertz CT molecular complexity index is 144. The molecule has 2 saturated carbocycles. The number of nitrogens with two attached hydrogens (primary N) is 2. The van der Waals surface area contributed by atoms with E-state index in [2.05, 4.69) is 0 Å². The van der Waals surface area contributed by atoms with Crippen molar-refractivity contribution in [2.24, 2.45) is 29.2 Å². The molecule has 3 unspecified atom stereocenters. The van der Waals surface area contributed by atoms with Crippen LogP contribution < -0.4 is 11.5 Å². The maximum Gasteiger partial charge on any atom is 0.0523 e. The zero-order valence-electron chi connectivity index (χ0n) is 7.00. The number of hydrogen-bond donors (Lipinski definition) is 2. The summed E-state index contributed by atoms with van der Waals surface area (Å²) in [6.07, 6.45) is 6.79. The topological polar surface area (TPSA) is 52.0 Å². The minimum absolute atomic E-state index is 0.0700. The van der Waals surface area contributed by atoms with Gasteiger partial charge in [0.2, 0.25) is 0 Å². The first-order valence-corrected chi connectivity index (χ1v) is 4.77. The van der Waals surface area contributed by atoms with E-state index in [9.17, 15) is 0 Å². The Morgan fingerprint density at radius 1 is 1.18 bits per heavy atom. The molecule has 0 aromatic carbocycles. The van der Waals surface area contributed by atoms with E-state index in [0.29, 0.717) is 0 Å². The molecule has 0 radical (unpaired) electrons. The highest BCUT2D eigenvalue weighted by Crippen LogP contribution is 2.49. The van der Waals surface area contributed by atoms with Crippen LogP contribution in [0.15, 0.2) is 0 Å². The van der Waals surface area contributed by atoms with E-state index < -0.39 is 0 Å². The van der Waals surface area contributed by atoms with E-state index in [4.69, 9.17) is 11.5 Å². The van der Waals surface area contributed by atoms with Gasteiger partial charge in [-0.25, -0.2) is 0 Å². The van der Waals surface area contributed by atoms with E-state index in [1.165, 1.54) is 25.7 Å². The second-order valence-electron chi connectivity index (χ2n) is 4.33. The Kier molecular flexibility index (Phi) is 1.90. The number of hydrogen-bond acceptors (Lipinski definition) is 2. The molecule has 2 fully saturated rings. The smallest absolute Gasteiger partial charge is 0.0523 e. The van der Waals surface area contributed by atoms with Gasteiger partial charge in [0.25, 0.3) is 0 Å². The second-order valence-corrected chi connectivity index (χ2v) is 4.33. The molecule has 0 heterocycles. The highest BCUT2D eigenvalue weighted by Gasteiger charge is 2.39. The summed E-state index contributed by atoms with van der Waals surface area (Å²) in [5.41, 5.74) is 11.2. The van der Waals surface area contributed by atoms with Crippen molar-refractivity contribution < 1.29 is 0 Å². The summed E-state index contributed by atoms with van der Waals surface area (Å²) in [5, 5.41) is 0. The third-order valence-electron chi connectivity index (χ3n) is 3.46. The van der Waals surface area contributed by atoms with Gasteiger partial charge in [-0.3, -0.25) is 0 Å². The minimum atomic E-state index is -0.0700. The molecule has 2 aliphatic carbocycles. The highest BCUT2D eigenvalue weighted by atomic mass is 14.8. The van der Waals surface area contributed by atoms with Crippen molar-refractivity contribution in [2.75, 3.05) is 0 Å². The van der Waals surface area contributed by atoms with E-state index in [0.717, 1.165) is 24.2 Å². The van der Waals surface area contributed by atoms with Crippen LogP contribution in [0.5, 0.6) is 0 Å². The lowest BCUT2D eigenvalue weighted by molar-refractivity contribution is 0.296. The van der Waals surface area contributed by atoms with Crippen LogP contribution in [0.1, 0.15) is 32.1 Å². The summed E-state index contributed by atoms with van der Waals surface area (Å²) in [7, 11) is 0. The zero-order valence-corrected chi connectivity index (χ0v) is 7.00. The Balaban J connectivity index is 1.87. The van der Waals surface area contributed by atoms with Crippen LogP contribution in [0.3, 0.4) is 0 Å². The predicted molar refractivity (Wildman–Crippen MR) is 45.7 cm³/mol. The standard InChI is InChI=1S/C9H18N2/c10-9(11)5-8-4-6-1-2-7(8)3-6/h6-9H,1-5,10-11H2. The molecule has 2 bridgehead atoms. The molecule has 2 aliphatic rings. The average Bonchev–Trinajstić information content (AvgIpc) is 2.45. The van der Waals surface area contributed by atoms with Gasteiger partial charge in [0.05, 0.1) is 6.17 Å². The van der Waals surface area contributed by atoms with Crippen molar-refractivity contribution in [1.82, 2.24) is 0 Å². The van der Waals surface area contributed by atoms with Gasteiger partial charge in [-0.2, -0.15) is 0 Å². The quantitative estimate of drug-likeness (QED) is 0.584. The van der Waals surface area contributed by atoms with Crippen LogP contribution >= 0.6 is 0 Å². The number of rotatable bonds is 2. The van der Waals surface area contributed by atoms with E-state index in [1.54, 1.807) is 0 Å². The largest absolute Gasteiger partial charge is 0.316 e. The molecule has 64 valence electrons. The Morgan fingerprint density at radius 2 is 2.00 bits per heavy atom. The maximum atomic E-state index is 5.58. The molecular formula is C9H18N2. The van der Waals surface area contributed by atoms with Gasteiger partial charge in [-0.05, 0) is 43.4 Å². The van der Waals surface area contributed by atoms with Crippen molar-refractivity contribution in [2.45, 2.75) is 38.3 Å². The highest BCUT2D eigenvalue weighted by molar-refractivity contribution is 4.90. The van der Waals surface area contributed by atoms with Crippen LogP contribution in [0.25, 0.3) is 0 Å². The lowest BCUT2D eigenvalue weighted by Crippen LogP contribution is -2.34. The SMILES string of the molecule is NC(N)CC1CC2CCC1C2. The van der Waals surface area contributed by atoms with E-state index in [-0.39, 0.29) is 6.17 Å². The van der Waals surface area contributed by atoms with Crippen molar-refractivity contribution in [1.29, 1.82) is 0 Å². The first-order chi connectivity index (χ1) is 5.25. The molecule has 0 aromatic rings. The Labute approximate surface area is 68.3 Å². The molecule has 2 rings (SSSR count). The second kappa shape index (κ2) is 2.76. The van der Waals surface area contributed by atoms with Crippen LogP contribution in [-0.4, -0.2) is 6.17 Å². The van der Waals surface area contributed by atoms with Crippen molar-refractivity contribution in [3.05, 3.63) is 0 Å². The molecule has 4 N–H and O–H groups in total. The zero-order chi connectivity index (χ0) is 7.84. The molecule has 2 nitrogen and oxygen atoms in total. The summed E-state index contributed by atoms with van der Waals surface area (Å²) in [5.74, 6) is 2.88. The molecule has 11 heavy (non-hydrogen) atoms. The summed E-state index contributed by atoms with van der Waals surface area (Å²) >= 11 is 0. The normalized spacial score (nSPS) is 42.3. The lowest BCUT2D eigenvalue weighted by atomic mass is 9.86. The fraction of sp³-hybridized carbons (Fsp3) is 1.00. The molecule has 0 aromatic heterocycles. The first kappa shape index (κ1) is 7.56. The van der Waals surface area contributed by atoms with Crippen molar-refractivity contribution in [3.63, 3.8) is 0 Å². The molecule has 3 atom stereocenters. The predicted octanol–water partition coefficient (Wildman–Crippen LogP) is 1.06. The number of fused-ring (bicyclic) bond motifs is 2. The van der Waals surface area contributed by atoms with Gasteiger partial charge in [0.1, 0.15) is 0 Å². The maximum absolute atomic E-state index is 5.58. The average molecular weight is 154 g/mol. The monoisotopic (exact) mass is 154 g/mol. The Morgan fingerprint density at radius 3 is 2.45 bits per heavy atom. The summed E-state index contributed by atoms with van der Waals surface area (Å²) in [4.78, 5) is 0. The van der Waals surface area contributed by atoms with Crippen LogP contribution in [0.2, 0.25) is 0 Å². The van der Waals surface area contributed by atoms with E-state index >= 15 is 0 Å². The van der Waals surface area contributed by atoms with Gasteiger partial charge in [0, 0.05) is 0 Å². The fourth-order valence-electron chi connectivity index (χ4n) is 3.01. The van der Waals surface area contributed by atoms with Crippen LogP contribution in [-0.2, 0) is 0 Å². The third-order valence-corrected chi connectivity index (χ3v) is 3.46. The molecule has 0 spiro atoms. The van der Waals surface area contributed by atoms with Gasteiger partial charge < -0.3 is 11.5 Å². The lowest BCUT2D eigenvalue weighted by Gasteiger charge is -2.22. The van der Waals surface area contributed by atoms with Crippen LogP contribution in [0.4, 0.5) is 0 Å². The van der Waals surface area contributed by atoms with Gasteiger partial charge in [-0.1, -0.05) is 6.42 Å². The van der Waals surface area contributed by atoms with Gasteiger partial charge in [-0.15, -0.1) is 0 Å². The van der Waals surface area contributed by atoms with E-state index in [1.807, 2.05) is 0 Å². The molecule has 0 aliphatic heterocycles. The fourth-order valence-corrected chi connectivity index (χ4v) is 3.01. The molecule has 2 heteroatoms. The van der Waals surface area contributed by atoms with Crippen molar-refractivity contribution in [3.8, 4) is 0 Å². The Hall–Kier alpha value is -0.0800.